The molecule has 0 atom stereocenters. The third-order valence-electron chi connectivity index (χ3n) is 4.24. The molecule has 24 heavy (non-hydrogen) atoms. The van der Waals surface area contributed by atoms with Gasteiger partial charge >= 0.3 is 0 Å². The van der Waals surface area contributed by atoms with Crippen LogP contribution in [0.15, 0.2) is 77.2 Å². The standard InChI is InChI=1S/C20H12N2OS/c24-18-12-17-20(21-22(18)14-7-2-1-3-8-14)19-15-9-5-4-6-13(15)10-11-16(19)23-17/h1-12H. The molecular formula is C20H12N2OS. The van der Waals surface area contributed by atoms with E-state index in [1.54, 1.807) is 4.68 Å². The number of furan rings is 1. The molecule has 0 aliphatic rings. The van der Waals surface area contributed by atoms with Gasteiger partial charge in [0.25, 0.3) is 0 Å². The van der Waals surface area contributed by atoms with Crippen LogP contribution in [-0.4, -0.2) is 9.78 Å². The summed E-state index contributed by atoms with van der Waals surface area (Å²) in [5, 5.41) is 8.14. The molecule has 2 heterocycles. The first kappa shape index (κ1) is 13.5. The number of aromatic nitrogens is 2. The van der Waals surface area contributed by atoms with Crippen LogP contribution in [0, 0.1) is 4.64 Å². The van der Waals surface area contributed by atoms with E-state index in [-0.39, 0.29) is 0 Å². The molecule has 0 radical (unpaired) electrons. The zero-order chi connectivity index (χ0) is 16.1. The molecule has 5 rings (SSSR count). The Morgan fingerprint density at radius 3 is 2.50 bits per heavy atom. The van der Waals surface area contributed by atoms with Crippen molar-refractivity contribution in [3.8, 4) is 5.69 Å². The molecule has 5 aromatic rings. The molecule has 114 valence electrons. The Morgan fingerprint density at radius 1 is 0.833 bits per heavy atom. The molecule has 0 fully saturated rings. The van der Waals surface area contributed by atoms with E-state index in [0.29, 0.717) is 4.64 Å². The van der Waals surface area contributed by atoms with Gasteiger partial charge in [-0.2, -0.15) is 5.10 Å². The number of para-hydroxylation sites is 1. The molecule has 3 aromatic carbocycles. The van der Waals surface area contributed by atoms with E-state index in [0.717, 1.165) is 33.1 Å². The maximum absolute atomic E-state index is 5.99. The Morgan fingerprint density at radius 2 is 1.62 bits per heavy atom. The van der Waals surface area contributed by atoms with E-state index in [1.807, 2.05) is 54.6 Å². The summed E-state index contributed by atoms with van der Waals surface area (Å²) in [5.74, 6) is 0. The second kappa shape index (κ2) is 5.01. The fourth-order valence-electron chi connectivity index (χ4n) is 3.14. The van der Waals surface area contributed by atoms with Gasteiger partial charge in [-0.15, -0.1) is 0 Å². The highest BCUT2D eigenvalue weighted by molar-refractivity contribution is 7.71. The summed E-state index contributed by atoms with van der Waals surface area (Å²) < 4.78 is 8.40. The van der Waals surface area contributed by atoms with Gasteiger partial charge in [0, 0.05) is 6.07 Å². The van der Waals surface area contributed by atoms with Gasteiger partial charge in [-0.1, -0.05) is 60.7 Å². The number of rotatable bonds is 1. The lowest BCUT2D eigenvalue weighted by molar-refractivity contribution is 0.664. The fraction of sp³-hybridized carbons (Fsp3) is 0. The highest BCUT2D eigenvalue weighted by Crippen LogP contribution is 2.33. The zero-order valence-corrected chi connectivity index (χ0v) is 13.5. The van der Waals surface area contributed by atoms with Crippen molar-refractivity contribution in [1.29, 1.82) is 0 Å². The highest BCUT2D eigenvalue weighted by Gasteiger charge is 2.13. The van der Waals surface area contributed by atoms with Crippen LogP contribution in [0.4, 0.5) is 0 Å². The predicted molar refractivity (Wildman–Crippen MR) is 99.2 cm³/mol. The normalized spacial score (nSPS) is 11.5. The van der Waals surface area contributed by atoms with Gasteiger partial charge in [-0.25, -0.2) is 4.68 Å². The Bertz CT molecular complexity index is 1270. The van der Waals surface area contributed by atoms with Gasteiger partial charge in [0.05, 0.1) is 11.1 Å². The maximum atomic E-state index is 5.99. The van der Waals surface area contributed by atoms with Crippen molar-refractivity contribution < 1.29 is 4.42 Å². The van der Waals surface area contributed by atoms with E-state index in [2.05, 4.69) is 18.2 Å². The Balaban J connectivity index is 1.96. The van der Waals surface area contributed by atoms with Gasteiger partial charge in [-0.05, 0) is 29.0 Å². The van der Waals surface area contributed by atoms with Crippen molar-refractivity contribution >= 4 is 45.1 Å². The number of nitrogens with zero attached hydrogens (tertiary/aromatic N) is 2. The number of hydrogen-bond acceptors (Lipinski definition) is 3. The summed E-state index contributed by atoms with van der Waals surface area (Å²) in [6.07, 6.45) is 0. The minimum absolute atomic E-state index is 0.622. The van der Waals surface area contributed by atoms with Gasteiger partial charge in [-0.3, -0.25) is 0 Å². The molecule has 0 spiro atoms. The van der Waals surface area contributed by atoms with Gasteiger partial charge in [0.1, 0.15) is 15.7 Å². The molecule has 0 N–H and O–H groups in total. The first-order valence-electron chi connectivity index (χ1n) is 7.71. The third kappa shape index (κ3) is 1.90. The van der Waals surface area contributed by atoms with Crippen LogP contribution in [0.1, 0.15) is 0 Å². The maximum Gasteiger partial charge on any atom is 0.158 e. The van der Waals surface area contributed by atoms with Crippen molar-refractivity contribution in [2.75, 3.05) is 0 Å². The van der Waals surface area contributed by atoms with Gasteiger partial charge in [0.2, 0.25) is 0 Å². The third-order valence-corrected chi connectivity index (χ3v) is 4.54. The Hall–Kier alpha value is -2.98. The number of hydrogen-bond donors (Lipinski definition) is 0. The molecule has 2 aromatic heterocycles. The summed E-state index contributed by atoms with van der Waals surface area (Å²) in [5.41, 5.74) is 3.33. The summed E-state index contributed by atoms with van der Waals surface area (Å²) >= 11 is 5.50. The van der Waals surface area contributed by atoms with E-state index >= 15 is 0 Å². The van der Waals surface area contributed by atoms with E-state index in [1.165, 1.54) is 5.39 Å². The van der Waals surface area contributed by atoms with Crippen LogP contribution in [0.2, 0.25) is 0 Å². The molecule has 3 nitrogen and oxygen atoms in total. The smallest absolute Gasteiger partial charge is 0.158 e. The molecule has 0 bridgehead atoms. The zero-order valence-electron chi connectivity index (χ0n) is 12.6. The fourth-order valence-corrected chi connectivity index (χ4v) is 3.40. The van der Waals surface area contributed by atoms with Crippen LogP contribution in [-0.2, 0) is 0 Å². The number of benzene rings is 3. The lowest BCUT2D eigenvalue weighted by atomic mass is 10.1. The summed E-state index contributed by atoms with van der Waals surface area (Å²) in [7, 11) is 0. The van der Waals surface area contributed by atoms with Crippen LogP contribution < -0.4 is 0 Å². The number of fused-ring (bicyclic) bond motifs is 5. The average Bonchev–Trinajstić information content (AvgIpc) is 2.99. The van der Waals surface area contributed by atoms with E-state index in [4.69, 9.17) is 21.7 Å². The quantitative estimate of drug-likeness (QED) is 0.372. The molecule has 0 aliphatic heterocycles. The Labute approximate surface area is 142 Å². The summed E-state index contributed by atoms with van der Waals surface area (Å²) in [6.45, 7) is 0. The first-order chi connectivity index (χ1) is 11.8. The van der Waals surface area contributed by atoms with Crippen LogP contribution in [0.25, 0.3) is 38.5 Å². The minimum atomic E-state index is 0.622. The second-order valence-electron chi connectivity index (χ2n) is 5.70. The average molecular weight is 328 g/mol. The van der Waals surface area contributed by atoms with Gasteiger partial charge in [0.15, 0.2) is 5.58 Å². The SMILES string of the molecule is S=c1cc2oc3ccc4ccccc4c3c2nn1-c1ccccc1. The minimum Gasteiger partial charge on any atom is -0.454 e. The summed E-state index contributed by atoms with van der Waals surface area (Å²) in [4.78, 5) is 0. The second-order valence-corrected chi connectivity index (χ2v) is 6.12. The molecule has 0 saturated carbocycles. The van der Waals surface area contributed by atoms with Gasteiger partial charge < -0.3 is 4.42 Å². The van der Waals surface area contributed by atoms with Crippen molar-refractivity contribution in [3.05, 3.63) is 77.4 Å². The van der Waals surface area contributed by atoms with E-state index in [9.17, 15) is 0 Å². The van der Waals surface area contributed by atoms with Crippen LogP contribution in [0.5, 0.6) is 0 Å². The first-order valence-corrected chi connectivity index (χ1v) is 8.12. The molecule has 0 saturated heterocycles. The Kier molecular flexibility index (Phi) is 2.81. The molecule has 0 amide bonds. The molecular weight excluding hydrogens is 316 g/mol. The van der Waals surface area contributed by atoms with Crippen LogP contribution in [0.3, 0.4) is 0 Å². The molecule has 0 unspecified atom stereocenters. The lowest BCUT2D eigenvalue weighted by Crippen LogP contribution is -2.01. The van der Waals surface area contributed by atoms with Crippen molar-refractivity contribution in [3.63, 3.8) is 0 Å². The van der Waals surface area contributed by atoms with Crippen molar-refractivity contribution in [1.82, 2.24) is 9.78 Å². The topological polar surface area (TPSA) is 31.0 Å². The molecule has 0 aliphatic carbocycles. The summed E-state index contributed by atoms with van der Waals surface area (Å²) in [6, 6.07) is 24.1. The highest BCUT2D eigenvalue weighted by atomic mass is 32.1. The van der Waals surface area contributed by atoms with Crippen molar-refractivity contribution in [2.45, 2.75) is 0 Å². The van der Waals surface area contributed by atoms with E-state index < -0.39 is 0 Å². The van der Waals surface area contributed by atoms with Crippen molar-refractivity contribution in [2.24, 2.45) is 0 Å². The largest absolute Gasteiger partial charge is 0.454 e. The lowest BCUT2D eigenvalue weighted by Gasteiger charge is -2.05. The van der Waals surface area contributed by atoms with Crippen LogP contribution >= 0.6 is 12.2 Å². The molecule has 4 heteroatoms. The monoisotopic (exact) mass is 328 g/mol. The predicted octanol–water partition coefficient (Wildman–Crippen LogP) is 5.65.